The van der Waals surface area contributed by atoms with E-state index in [4.69, 9.17) is 0 Å². The summed E-state index contributed by atoms with van der Waals surface area (Å²) in [6.07, 6.45) is -3.28. The first-order valence-corrected chi connectivity index (χ1v) is 7.59. The van der Waals surface area contributed by atoms with E-state index in [1.807, 2.05) is 19.0 Å². The number of halogens is 3. The number of carbonyl (C=O) groups is 1. The van der Waals surface area contributed by atoms with E-state index < -0.39 is 23.3 Å². The number of amides is 1. The Balaban J connectivity index is 2.26. The van der Waals surface area contributed by atoms with Crippen LogP contribution in [0, 0.1) is 11.3 Å². The highest BCUT2D eigenvalue weighted by molar-refractivity contribution is 6.10. The Morgan fingerprint density at radius 3 is 2.27 bits per heavy atom. The molecule has 1 N–H and O–H groups in total. The van der Waals surface area contributed by atoms with Gasteiger partial charge in [-0.1, -0.05) is 24.3 Å². The molecule has 0 fully saturated rings. The number of alkyl halides is 3. The fraction of sp³-hybridized carbons (Fsp3) is 0.158. The fourth-order valence-electron chi connectivity index (χ4n) is 2.21. The molecular formula is C19H16F3N3O. The molecule has 0 radical (unpaired) electrons. The van der Waals surface area contributed by atoms with Crippen LogP contribution >= 0.6 is 0 Å². The van der Waals surface area contributed by atoms with Crippen LogP contribution in [0.5, 0.6) is 0 Å². The summed E-state index contributed by atoms with van der Waals surface area (Å²) in [7, 11) is 3.74. The second kappa shape index (κ2) is 7.74. The summed E-state index contributed by atoms with van der Waals surface area (Å²) < 4.78 is 39.0. The summed E-state index contributed by atoms with van der Waals surface area (Å²) in [5, 5.41) is 11.4. The Hall–Kier alpha value is -3.27. The molecular weight excluding hydrogens is 343 g/mol. The molecule has 0 atom stereocenters. The van der Waals surface area contributed by atoms with Gasteiger partial charge in [-0.25, -0.2) is 0 Å². The molecule has 2 rings (SSSR count). The van der Waals surface area contributed by atoms with Crippen molar-refractivity contribution in [3.63, 3.8) is 0 Å². The van der Waals surface area contributed by atoms with E-state index in [0.29, 0.717) is 5.56 Å². The van der Waals surface area contributed by atoms with E-state index in [9.17, 15) is 23.2 Å². The quantitative estimate of drug-likeness (QED) is 0.653. The summed E-state index contributed by atoms with van der Waals surface area (Å²) >= 11 is 0. The number of carbonyl (C=O) groups excluding carboxylic acids is 1. The molecule has 0 aliphatic carbocycles. The lowest BCUT2D eigenvalue weighted by Crippen LogP contribution is -2.17. The van der Waals surface area contributed by atoms with Gasteiger partial charge in [-0.2, -0.15) is 18.4 Å². The monoisotopic (exact) mass is 359 g/mol. The van der Waals surface area contributed by atoms with Gasteiger partial charge in [-0.3, -0.25) is 4.79 Å². The van der Waals surface area contributed by atoms with Crippen molar-refractivity contribution in [2.24, 2.45) is 0 Å². The average Bonchev–Trinajstić information content (AvgIpc) is 2.59. The maximum Gasteiger partial charge on any atom is 0.418 e. The smallest absolute Gasteiger partial charge is 0.378 e. The van der Waals surface area contributed by atoms with Gasteiger partial charge in [0.05, 0.1) is 11.3 Å². The third kappa shape index (κ3) is 4.63. The minimum absolute atomic E-state index is 0.292. The highest BCUT2D eigenvalue weighted by atomic mass is 19.4. The van der Waals surface area contributed by atoms with Gasteiger partial charge >= 0.3 is 6.18 Å². The zero-order valence-corrected chi connectivity index (χ0v) is 14.1. The minimum Gasteiger partial charge on any atom is -0.378 e. The summed E-state index contributed by atoms with van der Waals surface area (Å²) in [5.41, 5.74) is -0.134. The van der Waals surface area contributed by atoms with Crippen LogP contribution in [0.2, 0.25) is 0 Å². The number of rotatable bonds is 4. The second-order valence-electron chi connectivity index (χ2n) is 5.65. The van der Waals surface area contributed by atoms with Crippen molar-refractivity contribution in [2.45, 2.75) is 6.18 Å². The van der Waals surface area contributed by atoms with Crippen LogP contribution in [-0.2, 0) is 11.0 Å². The van der Waals surface area contributed by atoms with Crippen molar-refractivity contribution in [1.29, 1.82) is 5.26 Å². The molecule has 0 aromatic heterocycles. The Morgan fingerprint density at radius 1 is 1.12 bits per heavy atom. The minimum atomic E-state index is -4.61. The molecule has 0 saturated carbocycles. The van der Waals surface area contributed by atoms with Crippen LogP contribution in [0.1, 0.15) is 11.1 Å². The zero-order chi connectivity index (χ0) is 19.3. The molecule has 134 valence electrons. The maximum atomic E-state index is 13.0. The normalized spacial score (nSPS) is 11.6. The highest BCUT2D eigenvalue weighted by Gasteiger charge is 2.33. The van der Waals surface area contributed by atoms with Gasteiger partial charge in [-0.15, -0.1) is 0 Å². The van der Waals surface area contributed by atoms with Gasteiger partial charge < -0.3 is 10.2 Å². The summed E-state index contributed by atoms with van der Waals surface area (Å²) in [6, 6.07) is 13.4. The van der Waals surface area contributed by atoms with Crippen LogP contribution < -0.4 is 10.2 Å². The largest absolute Gasteiger partial charge is 0.418 e. The standard InChI is InChI=1S/C19H16F3N3O/c1-25(2)15-9-7-13(8-10-15)11-14(12-23)18(26)24-17-6-4-3-5-16(17)19(20,21)22/h3-11H,1-2H3,(H,24,26)/b14-11+. The van der Waals surface area contributed by atoms with Crippen molar-refractivity contribution >= 4 is 23.4 Å². The number of anilines is 2. The van der Waals surface area contributed by atoms with Crippen molar-refractivity contribution < 1.29 is 18.0 Å². The Kier molecular flexibility index (Phi) is 5.68. The highest BCUT2D eigenvalue weighted by Crippen LogP contribution is 2.34. The molecule has 0 saturated heterocycles. The molecule has 2 aromatic rings. The Labute approximate surface area is 149 Å². The van der Waals surface area contributed by atoms with Gasteiger partial charge in [0.15, 0.2) is 0 Å². The molecule has 1 amide bonds. The number of nitrogens with one attached hydrogen (secondary N) is 1. The van der Waals surface area contributed by atoms with Crippen molar-refractivity contribution in [2.75, 3.05) is 24.3 Å². The number of hydrogen-bond donors (Lipinski definition) is 1. The first-order chi connectivity index (χ1) is 12.2. The molecule has 0 spiro atoms. The number of nitrogens with zero attached hydrogens (tertiary/aromatic N) is 2. The summed E-state index contributed by atoms with van der Waals surface area (Å²) in [4.78, 5) is 14.1. The summed E-state index contributed by atoms with van der Waals surface area (Å²) in [6.45, 7) is 0. The third-order valence-corrected chi connectivity index (χ3v) is 3.57. The molecule has 4 nitrogen and oxygen atoms in total. The van der Waals surface area contributed by atoms with E-state index in [2.05, 4.69) is 5.32 Å². The maximum absolute atomic E-state index is 13.0. The predicted molar refractivity (Wildman–Crippen MR) is 94.4 cm³/mol. The first-order valence-electron chi connectivity index (χ1n) is 7.59. The summed E-state index contributed by atoms with van der Waals surface area (Å²) in [5.74, 6) is -0.902. The zero-order valence-electron chi connectivity index (χ0n) is 14.1. The van der Waals surface area contributed by atoms with Gasteiger partial charge in [0.1, 0.15) is 11.6 Å². The van der Waals surface area contributed by atoms with Gasteiger partial charge in [0.2, 0.25) is 0 Å². The van der Waals surface area contributed by atoms with Gasteiger partial charge in [0, 0.05) is 19.8 Å². The molecule has 0 aliphatic heterocycles. The van der Waals surface area contributed by atoms with Crippen molar-refractivity contribution in [1.82, 2.24) is 0 Å². The topological polar surface area (TPSA) is 56.1 Å². The molecule has 0 unspecified atom stereocenters. The molecule has 0 bridgehead atoms. The Bertz CT molecular complexity index is 863. The van der Waals surface area contributed by atoms with E-state index in [0.717, 1.165) is 17.8 Å². The van der Waals surface area contributed by atoms with E-state index >= 15 is 0 Å². The molecule has 0 heterocycles. The van der Waals surface area contributed by atoms with E-state index in [1.54, 1.807) is 30.3 Å². The van der Waals surface area contributed by atoms with Crippen LogP contribution in [0.4, 0.5) is 24.5 Å². The van der Waals surface area contributed by atoms with Crippen LogP contribution in [0.25, 0.3) is 6.08 Å². The van der Waals surface area contributed by atoms with Crippen LogP contribution in [-0.4, -0.2) is 20.0 Å². The molecule has 26 heavy (non-hydrogen) atoms. The van der Waals surface area contributed by atoms with Crippen LogP contribution in [0.3, 0.4) is 0 Å². The molecule has 7 heteroatoms. The number of hydrogen-bond acceptors (Lipinski definition) is 3. The predicted octanol–water partition coefficient (Wildman–Crippen LogP) is 4.32. The van der Waals surface area contributed by atoms with Gasteiger partial charge in [0.25, 0.3) is 5.91 Å². The molecule has 0 aliphatic rings. The molecule has 2 aromatic carbocycles. The van der Waals surface area contributed by atoms with Crippen molar-refractivity contribution in [3.8, 4) is 6.07 Å². The van der Waals surface area contributed by atoms with Gasteiger partial charge in [-0.05, 0) is 35.9 Å². The average molecular weight is 359 g/mol. The second-order valence-corrected chi connectivity index (χ2v) is 5.65. The lowest BCUT2D eigenvalue weighted by atomic mass is 10.1. The van der Waals surface area contributed by atoms with Crippen molar-refractivity contribution in [3.05, 3.63) is 65.2 Å². The number of para-hydroxylation sites is 1. The Morgan fingerprint density at radius 2 is 1.73 bits per heavy atom. The first kappa shape index (κ1) is 19.1. The SMILES string of the molecule is CN(C)c1ccc(/C=C(\C#N)C(=O)Nc2ccccc2C(F)(F)F)cc1. The fourth-order valence-corrected chi connectivity index (χ4v) is 2.21. The van der Waals surface area contributed by atoms with E-state index in [-0.39, 0.29) is 5.57 Å². The van der Waals surface area contributed by atoms with Crippen LogP contribution in [0.15, 0.2) is 54.1 Å². The van der Waals surface area contributed by atoms with E-state index in [1.165, 1.54) is 18.2 Å². The number of nitriles is 1. The lowest BCUT2D eigenvalue weighted by Gasteiger charge is -2.13. The third-order valence-electron chi connectivity index (χ3n) is 3.57. The lowest BCUT2D eigenvalue weighted by molar-refractivity contribution is -0.137. The number of benzene rings is 2.